The van der Waals surface area contributed by atoms with Crippen LogP contribution >= 0.6 is 0 Å². The van der Waals surface area contributed by atoms with Crippen molar-refractivity contribution in [3.63, 3.8) is 0 Å². The van der Waals surface area contributed by atoms with Crippen molar-refractivity contribution in [3.8, 4) is 0 Å². The smallest absolute Gasteiger partial charge is 0.175 e. The molecule has 0 bridgehead atoms. The average Bonchev–Trinajstić information content (AvgIpc) is 2.16. The van der Waals surface area contributed by atoms with Crippen molar-refractivity contribution in [3.05, 3.63) is 42.5 Å². The number of benzene rings is 2. The first-order valence-corrected chi connectivity index (χ1v) is 6.07. The summed E-state index contributed by atoms with van der Waals surface area (Å²) in [5.41, 5.74) is 0. The van der Waals surface area contributed by atoms with E-state index in [0.29, 0.717) is 4.90 Å². The largest absolute Gasteiger partial charge is 0.224 e. The fraction of sp³-hybridized carbons (Fsp3) is 0.0909. The van der Waals surface area contributed by atoms with E-state index in [2.05, 4.69) is 6.07 Å². The van der Waals surface area contributed by atoms with Crippen molar-refractivity contribution >= 4 is 20.6 Å². The van der Waals surface area contributed by atoms with E-state index < -0.39 is 9.84 Å². The van der Waals surface area contributed by atoms with Gasteiger partial charge in [0.1, 0.15) is 0 Å². The summed E-state index contributed by atoms with van der Waals surface area (Å²) in [7, 11) is -3.11. The number of hydrogen-bond acceptors (Lipinski definition) is 2. The SMILES string of the molecule is CS(=O)(=O)c1ccc2ccc[c]c2c1. The fourth-order valence-electron chi connectivity index (χ4n) is 1.33. The molecule has 0 spiro atoms. The molecule has 2 aromatic rings. The van der Waals surface area contributed by atoms with E-state index in [1.54, 1.807) is 24.3 Å². The molecule has 1 radical (unpaired) electrons. The van der Waals surface area contributed by atoms with Gasteiger partial charge in [0, 0.05) is 6.26 Å². The van der Waals surface area contributed by atoms with E-state index >= 15 is 0 Å². The Kier molecular flexibility index (Phi) is 2.04. The first kappa shape index (κ1) is 9.21. The zero-order chi connectivity index (χ0) is 10.2. The zero-order valence-corrected chi connectivity index (χ0v) is 8.51. The molecule has 0 fully saturated rings. The van der Waals surface area contributed by atoms with Gasteiger partial charge in [0.05, 0.1) is 4.90 Å². The van der Waals surface area contributed by atoms with Crippen LogP contribution in [0, 0.1) is 6.07 Å². The van der Waals surface area contributed by atoms with Crippen LogP contribution in [0.25, 0.3) is 10.8 Å². The van der Waals surface area contributed by atoms with Gasteiger partial charge in [-0.3, -0.25) is 0 Å². The second kappa shape index (κ2) is 3.10. The van der Waals surface area contributed by atoms with Crippen LogP contribution in [0.2, 0.25) is 0 Å². The Morgan fingerprint density at radius 3 is 2.71 bits per heavy atom. The third kappa shape index (κ3) is 1.63. The molecular weight excluding hydrogens is 196 g/mol. The second-order valence-corrected chi connectivity index (χ2v) is 5.21. The molecule has 0 atom stereocenters. The Morgan fingerprint density at radius 1 is 1.21 bits per heavy atom. The first-order valence-electron chi connectivity index (χ1n) is 4.18. The fourth-order valence-corrected chi connectivity index (χ4v) is 1.97. The lowest BCUT2D eigenvalue weighted by Crippen LogP contribution is -1.96. The highest BCUT2D eigenvalue weighted by Crippen LogP contribution is 2.17. The van der Waals surface area contributed by atoms with Crippen molar-refractivity contribution in [2.45, 2.75) is 4.90 Å². The Balaban J connectivity index is 2.75. The van der Waals surface area contributed by atoms with Crippen molar-refractivity contribution in [1.29, 1.82) is 0 Å². The van der Waals surface area contributed by atoms with E-state index in [0.717, 1.165) is 10.8 Å². The molecule has 0 aliphatic rings. The maximum absolute atomic E-state index is 11.3. The summed E-state index contributed by atoms with van der Waals surface area (Å²) in [5.74, 6) is 0. The molecule has 3 heteroatoms. The topological polar surface area (TPSA) is 34.1 Å². The lowest BCUT2D eigenvalue weighted by atomic mass is 10.1. The summed E-state index contributed by atoms with van der Waals surface area (Å²) in [4.78, 5) is 0.340. The van der Waals surface area contributed by atoms with Crippen LogP contribution in [0.15, 0.2) is 41.3 Å². The lowest BCUT2D eigenvalue weighted by molar-refractivity contribution is 0.602. The number of rotatable bonds is 1. The van der Waals surface area contributed by atoms with Gasteiger partial charge in [0.2, 0.25) is 0 Å². The lowest BCUT2D eigenvalue weighted by Gasteiger charge is -2.00. The monoisotopic (exact) mass is 205 g/mol. The van der Waals surface area contributed by atoms with E-state index in [-0.39, 0.29) is 0 Å². The molecule has 2 aromatic carbocycles. The zero-order valence-electron chi connectivity index (χ0n) is 7.69. The molecule has 0 unspecified atom stereocenters. The average molecular weight is 205 g/mol. The minimum Gasteiger partial charge on any atom is -0.224 e. The summed E-state index contributed by atoms with van der Waals surface area (Å²) in [6.45, 7) is 0. The molecule has 0 aliphatic heterocycles. The van der Waals surface area contributed by atoms with Crippen LogP contribution in [-0.2, 0) is 9.84 Å². The number of sulfone groups is 1. The molecule has 0 amide bonds. The summed E-state index contributed by atoms with van der Waals surface area (Å²) in [6, 6.07) is 13.6. The van der Waals surface area contributed by atoms with Crippen LogP contribution in [0.5, 0.6) is 0 Å². The molecule has 0 aromatic heterocycles. The van der Waals surface area contributed by atoms with Crippen LogP contribution in [0.3, 0.4) is 0 Å². The molecule has 0 aliphatic carbocycles. The van der Waals surface area contributed by atoms with Crippen molar-refractivity contribution in [2.24, 2.45) is 0 Å². The van der Waals surface area contributed by atoms with Gasteiger partial charge in [-0.05, 0) is 29.0 Å². The standard InChI is InChI=1S/C11H9O2S/c1-14(12,13)11-7-6-9-4-2-3-5-10(9)8-11/h2-4,6-8H,1H3. The summed E-state index contributed by atoms with van der Waals surface area (Å²) < 4.78 is 22.5. The highest BCUT2D eigenvalue weighted by Gasteiger charge is 2.06. The van der Waals surface area contributed by atoms with E-state index in [4.69, 9.17) is 0 Å². The second-order valence-electron chi connectivity index (χ2n) is 3.19. The third-order valence-electron chi connectivity index (χ3n) is 2.06. The van der Waals surface area contributed by atoms with E-state index in [9.17, 15) is 8.42 Å². The minimum atomic E-state index is -3.11. The van der Waals surface area contributed by atoms with Crippen molar-refractivity contribution < 1.29 is 8.42 Å². The Hall–Kier alpha value is -1.35. The summed E-state index contributed by atoms with van der Waals surface area (Å²) in [5, 5.41) is 1.83. The molecule has 0 saturated carbocycles. The summed E-state index contributed by atoms with van der Waals surface area (Å²) in [6.07, 6.45) is 1.21. The van der Waals surface area contributed by atoms with Crippen molar-refractivity contribution in [2.75, 3.05) is 6.26 Å². The van der Waals surface area contributed by atoms with Gasteiger partial charge in [-0.1, -0.05) is 24.3 Å². The van der Waals surface area contributed by atoms with Gasteiger partial charge < -0.3 is 0 Å². The normalized spacial score (nSPS) is 11.8. The van der Waals surface area contributed by atoms with Crippen LogP contribution in [0.4, 0.5) is 0 Å². The van der Waals surface area contributed by atoms with Crippen LogP contribution < -0.4 is 0 Å². The van der Waals surface area contributed by atoms with Gasteiger partial charge in [0.15, 0.2) is 9.84 Å². The van der Waals surface area contributed by atoms with Gasteiger partial charge in [-0.15, -0.1) is 0 Å². The quantitative estimate of drug-likeness (QED) is 0.714. The molecule has 71 valence electrons. The van der Waals surface area contributed by atoms with E-state index in [1.807, 2.05) is 12.1 Å². The van der Waals surface area contributed by atoms with E-state index in [1.165, 1.54) is 6.26 Å². The summed E-state index contributed by atoms with van der Waals surface area (Å²) >= 11 is 0. The van der Waals surface area contributed by atoms with Crippen LogP contribution in [-0.4, -0.2) is 14.7 Å². The third-order valence-corrected chi connectivity index (χ3v) is 3.17. The Morgan fingerprint density at radius 2 is 2.00 bits per heavy atom. The van der Waals surface area contributed by atoms with Gasteiger partial charge in [0.25, 0.3) is 0 Å². The number of fused-ring (bicyclic) bond motifs is 1. The van der Waals surface area contributed by atoms with Gasteiger partial charge in [-0.25, -0.2) is 8.42 Å². The van der Waals surface area contributed by atoms with Gasteiger partial charge >= 0.3 is 0 Å². The Labute approximate surface area is 83.1 Å². The maximum Gasteiger partial charge on any atom is 0.175 e. The predicted molar refractivity (Wildman–Crippen MR) is 55.9 cm³/mol. The molecule has 2 nitrogen and oxygen atoms in total. The molecule has 0 heterocycles. The van der Waals surface area contributed by atoms with Gasteiger partial charge in [-0.2, -0.15) is 0 Å². The predicted octanol–water partition coefficient (Wildman–Crippen LogP) is 2.04. The Bertz CT molecular complexity index is 571. The molecule has 14 heavy (non-hydrogen) atoms. The first-order chi connectivity index (χ1) is 6.57. The molecule has 0 saturated heterocycles. The highest BCUT2D eigenvalue weighted by molar-refractivity contribution is 7.90. The highest BCUT2D eigenvalue weighted by atomic mass is 32.2. The van der Waals surface area contributed by atoms with Crippen molar-refractivity contribution in [1.82, 2.24) is 0 Å². The molecule has 0 N–H and O–H groups in total. The molecular formula is C11H9O2S. The molecule has 2 rings (SSSR count). The maximum atomic E-state index is 11.3. The minimum absolute atomic E-state index is 0.340. The number of hydrogen-bond donors (Lipinski definition) is 0. The van der Waals surface area contributed by atoms with Crippen LogP contribution in [0.1, 0.15) is 0 Å².